The van der Waals surface area contributed by atoms with Crippen LogP contribution in [-0.2, 0) is 9.59 Å². The third-order valence-corrected chi connectivity index (χ3v) is 4.58. The van der Waals surface area contributed by atoms with Crippen molar-refractivity contribution >= 4 is 27.8 Å². The molecule has 5 heteroatoms. The van der Waals surface area contributed by atoms with E-state index in [-0.39, 0.29) is 18.4 Å². The van der Waals surface area contributed by atoms with Crippen LogP contribution in [0.1, 0.15) is 51.6 Å². The van der Waals surface area contributed by atoms with Gasteiger partial charge in [0.05, 0.1) is 11.5 Å². The van der Waals surface area contributed by atoms with Gasteiger partial charge in [0, 0.05) is 10.9 Å². The van der Waals surface area contributed by atoms with Crippen LogP contribution in [0, 0.1) is 5.41 Å². The summed E-state index contributed by atoms with van der Waals surface area (Å²) in [5.41, 5.74) is 0.0178. The molecular weight excluding hydrogens is 334 g/mol. The van der Waals surface area contributed by atoms with Crippen molar-refractivity contribution in [3.05, 3.63) is 34.3 Å². The third-order valence-electron chi connectivity index (χ3n) is 4.05. The molecule has 0 bridgehead atoms. The number of carbonyl (C=O) groups excluding carboxylic acids is 1. The maximum Gasteiger partial charge on any atom is 0.310 e. The van der Waals surface area contributed by atoms with Gasteiger partial charge in [0.25, 0.3) is 0 Å². The van der Waals surface area contributed by atoms with Crippen LogP contribution in [0.3, 0.4) is 0 Å². The van der Waals surface area contributed by atoms with Crippen LogP contribution >= 0.6 is 15.9 Å². The molecule has 0 fully saturated rings. The fourth-order valence-corrected chi connectivity index (χ4v) is 2.58. The fourth-order valence-electron chi connectivity index (χ4n) is 2.31. The summed E-state index contributed by atoms with van der Waals surface area (Å²) in [6.07, 6.45) is 0.897. The van der Waals surface area contributed by atoms with E-state index in [1.165, 1.54) is 0 Å². The highest BCUT2D eigenvalue weighted by Gasteiger charge is 2.37. The number of rotatable bonds is 7. The second kappa shape index (κ2) is 7.59. The van der Waals surface area contributed by atoms with Crippen molar-refractivity contribution in [1.29, 1.82) is 0 Å². The topological polar surface area (TPSA) is 66.4 Å². The van der Waals surface area contributed by atoms with E-state index in [1.807, 2.05) is 45.0 Å². The molecule has 21 heavy (non-hydrogen) atoms. The Kier molecular flexibility index (Phi) is 6.40. The second-order valence-corrected chi connectivity index (χ2v) is 6.23. The minimum Gasteiger partial charge on any atom is -0.481 e. The van der Waals surface area contributed by atoms with E-state index < -0.39 is 11.4 Å². The first-order chi connectivity index (χ1) is 9.84. The molecular formula is C16H22BrNO3. The van der Waals surface area contributed by atoms with E-state index in [9.17, 15) is 14.7 Å². The summed E-state index contributed by atoms with van der Waals surface area (Å²) < 4.78 is 0.978. The number of hydrogen-bond acceptors (Lipinski definition) is 2. The molecule has 1 aromatic rings. The molecule has 116 valence electrons. The molecule has 0 aliphatic rings. The number of carbonyl (C=O) groups is 2. The molecule has 1 aromatic carbocycles. The maximum atomic E-state index is 12.1. The minimum atomic E-state index is -0.969. The summed E-state index contributed by atoms with van der Waals surface area (Å²) in [5.74, 6) is -1.13. The number of halogens is 1. The van der Waals surface area contributed by atoms with E-state index in [0.29, 0.717) is 12.8 Å². The fraction of sp³-hybridized carbons (Fsp3) is 0.500. The molecule has 0 aromatic heterocycles. The van der Waals surface area contributed by atoms with Gasteiger partial charge < -0.3 is 10.4 Å². The van der Waals surface area contributed by atoms with Gasteiger partial charge in [-0.3, -0.25) is 9.59 Å². The van der Waals surface area contributed by atoms with E-state index in [0.717, 1.165) is 10.0 Å². The number of carboxylic acid groups (broad SMARTS) is 1. The molecule has 1 rings (SSSR count). The van der Waals surface area contributed by atoms with E-state index >= 15 is 0 Å². The van der Waals surface area contributed by atoms with Crippen LogP contribution in [0.4, 0.5) is 0 Å². The summed E-state index contributed by atoms with van der Waals surface area (Å²) in [5, 5.41) is 12.2. The Morgan fingerprint density at radius 1 is 1.24 bits per heavy atom. The van der Waals surface area contributed by atoms with Gasteiger partial charge in [0.1, 0.15) is 0 Å². The predicted octanol–water partition coefficient (Wildman–Crippen LogP) is 3.91. The summed E-state index contributed by atoms with van der Waals surface area (Å²) >= 11 is 3.37. The lowest BCUT2D eigenvalue weighted by Gasteiger charge is -2.26. The van der Waals surface area contributed by atoms with Gasteiger partial charge >= 0.3 is 5.97 Å². The Morgan fingerprint density at radius 2 is 1.76 bits per heavy atom. The van der Waals surface area contributed by atoms with Crippen LogP contribution in [0.15, 0.2) is 28.7 Å². The molecule has 0 unspecified atom stereocenters. The van der Waals surface area contributed by atoms with Crippen molar-refractivity contribution in [3.8, 4) is 0 Å². The predicted molar refractivity (Wildman–Crippen MR) is 86.0 cm³/mol. The number of hydrogen-bond donors (Lipinski definition) is 2. The zero-order valence-corrected chi connectivity index (χ0v) is 14.2. The first-order valence-corrected chi connectivity index (χ1v) is 7.92. The Hall–Kier alpha value is -1.36. The van der Waals surface area contributed by atoms with Crippen LogP contribution in [0.25, 0.3) is 0 Å². The largest absolute Gasteiger partial charge is 0.481 e. The van der Waals surface area contributed by atoms with Crippen LogP contribution in [-0.4, -0.2) is 17.0 Å². The van der Waals surface area contributed by atoms with Crippen LogP contribution in [0.2, 0.25) is 0 Å². The van der Waals surface area contributed by atoms with Crippen LogP contribution < -0.4 is 5.32 Å². The average Bonchev–Trinajstić information content (AvgIpc) is 2.45. The van der Waals surface area contributed by atoms with Gasteiger partial charge in [0.2, 0.25) is 5.91 Å². The van der Waals surface area contributed by atoms with Crippen LogP contribution in [0.5, 0.6) is 0 Å². The molecule has 0 saturated carbocycles. The average molecular weight is 356 g/mol. The normalized spacial score (nSPS) is 12.8. The zero-order valence-electron chi connectivity index (χ0n) is 12.6. The lowest BCUT2D eigenvalue weighted by molar-refractivity contribution is -0.152. The van der Waals surface area contributed by atoms with Gasteiger partial charge in [-0.25, -0.2) is 0 Å². The number of nitrogens with one attached hydrogen (secondary N) is 1. The number of amides is 1. The monoisotopic (exact) mass is 355 g/mol. The van der Waals surface area contributed by atoms with Crippen molar-refractivity contribution in [2.45, 2.75) is 46.1 Å². The number of aliphatic carboxylic acids is 1. The maximum absolute atomic E-state index is 12.1. The zero-order chi connectivity index (χ0) is 16.0. The molecule has 2 N–H and O–H groups in total. The highest BCUT2D eigenvalue weighted by Crippen LogP contribution is 2.31. The minimum absolute atomic E-state index is 0.0101. The summed E-state index contributed by atoms with van der Waals surface area (Å²) in [4.78, 5) is 23.6. The van der Waals surface area contributed by atoms with E-state index in [2.05, 4.69) is 21.2 Å². The Balaban J connectivity index is 2.72. The molecule has 0 aliphatic heterocycles. The van der Waals surface area contributed by atoms with Crippen molar-refractivity contribution in [3.63, 3.8) is 0 Å². The van der Waals surface area contributed by atoms with Gasteiger partial charge in [-0.05, 0) is 37.5 Å². The molecule has 0 aliphatic carbocycles. The molecule has 1 amide bonds. The summed E-state index contributed by atoms with van der Waals surface area (Å²) in [6.45, 7) is 5.51. The highest BCUT2D eigenvalue weighted by atomic mass is 79.9. The van der Waals surface area contributed by atoms with Gasteiger partial charge in [0.15, 0.2) is 0 Å². The van der Waals surface area contributed by atoms with Gasteiger partial charge in [-0.1, -0.05) is 41.9 Å². The molecule has 0 heterocycles. The lowest BCUT2D eigenvalue weighted by Crippen LogP contribution is -2.37. The Labute approximate surface area is 134 Å². The van der Waals surface area contributed by atoms with E-state index in [4.69, 9.17) is 0 Å². The number of carboxylic acids is 1. The SMILES string of the molecule is CCC(CC)(CC(=O)N[C@@H](C)c1ccc(Br)cc1)C(=O)O. The Morgan fingerprint density at radius 3 is 2.19 bits per heavy atom. The van der Waals surface area contributed by atoms with E-state index in [1.54, 1.807) is 0 Å². The molecule has 4 nitrogen and oxygen atoms in total. The quantitative estimate of drug-likeness (QED) is 0.779. The molecule has 0 saturated heterocycles. The first kappa shape index (κ1) is 17.7. The standard InChI is InChI=1S/C16H22BrNO3/c1-4-16(5-2,15(20)21)10-14(19)18-11(3)12-6-8-13(17)9-7-12/h6-9,11H,4-5,10H2,1-3H3,(H,18,19)(H,20,21)/t11-/m0/s1. The third kappa shape index (κ3) is 4.56. The van der Waals surface area contributed by atoms with Gasteiger partial charge in [-0.15, -0.1) is 0 Å². The van der Waals surface area contributed by atoms with Crippen molar-refractivity contribution < 1.29 is 14.7 Å². The second-order valence-electron chi connectivity index (χ2n) is 5.31. The smallest absolute Gasteiger partial charge is 0.310 e. The van der Waals surface area contributed by atoms with Crippen molar-refractivity contribution in [1.82, 2.24) is 5.32 Å². The number of benzene rings is 1. The lowest BCUT2D eigenvalue weighted by atomic mass is 9.79. The van der Waals surface area contributed by atoms with Gasteiger partial charge in [-0.2, -0.15) is 0 Å². The summed E-state index contributed by atoms with van der Waals surface area (Å²) in [7, 11) is 0. The molecule has 0 spiro atoms. The molecule has 0 radical (unpaired) electrons. The van der Waals surface area contributed by atoms with Crippen molar-refractivity contribution in [2.75, 3.05) is 0 Å². The Bertz CT molecular complexity index is 495. The summed E-state index contributed by atoms with van der Waals surface area (Å²) in [6, 6.07) is 7.54. The first-order valence-electron chi connectivity index (χ1n) is 7.13. The molecule has 1 atom stereocenters. The highest BCUT2D eigenvalue weighted by molar-refractivity contribution is 9.10. The van der Waals surface area contributed by atoms with Crippen molar-refractivity contribution in [2.24, 2.45) is 5.41 Å².